The van der Waals surface area contributed by atoms with Crippen LogP contribution in [0.2, 0.25) is 10.0 Å². The maximum Gasteiger partial charge on any atom is 0.265 e. The van der Waals surface area contributed by atoms with Gasteiger partial charge in [0, 0.05) is 83.8 Å². The molecule has 0 fully saturated rings. The first-order valence-electron chi connectivity index (χ1n) is 26.9. The number of hydrogen-bond donors (Lipinski definition) is 5. The number of halogens is 2. The molecule has 0 unspecified atom stereocenters. The van der Waals surface area contributed by atoms with Gasteiger partial charge in [-0.25, -0.2) is 20.8 Å². The summed E-state index contributed by atoms with van der Waals surface area (Å²) in [6.45, 7) is 22.7. The van der Waals surface area contributed by atoms with Crippen molar-refractivity contribution >= 4 is 47.1 Å². The molecular formula is C65H76Cl2N8O8. The van der Waals surface area contributed by atoms with Crippen molar-refractivity contribution in [2.45, 2.75) is 112 Å². The number of ether oxygens (including phenoxy) is 2. The van der Waals surface area contributed by atoms with E-state index in [1.165, 1.54) is 19.1 Å². The molecule has 2 heterocycles. The molecule has 2 aromatic heterocycles. The van der Waals surface area contributed by atoms with Crippen molar-refractivity contribution in [2.75, 3.05) is 0 Å². The highest BCUT2D eigenvalue weighted by Gasteiger charge is 2.23. The van der Waals surface area contributed by atoms with Gasteiger partial charge in [0.25, 0.3) is 11.8 Å². The molecule has 0 aliphatic rings. The van der Waals surface area contributed by atoms with E-state index < -0.39 is 0 Å². The lowest BCUT2D eigenvalue weighted by Gasteiger charge is -2.24. The van der Waals surface area contributed by atoms with Gasteiger partial charge in [0.1, 0.15) is 40.9 Å². The number of nitrogens with two attached hydrogens (primary N) is 1. The van der Waals surface area contributed by atoms with Crippen molar-refractivity contribution in [3.05, 3.63) is 201 Å². The van der Waals surface area contributed by atoms with Crippen LogP contribution in [-0.4, -0.2) is 70.4 Å². The topological polar surface area (TPSA) is 216 Å². The summed E-state index contributed by atoms with van der Waals surface area (Å²) < 4.78 is 15.2. The lowest BCUT2D eigenvalue weighted by atomic mass is 9.96. The fourth-order valence-electron chi connectivity index (χ4n) is 8.37. The number of benzene rings is 6. The Bertz CT molecular complexity index is 3470. The third-order valence-corrected chi connectivity index (χ3v) is 12.8. The Kier molecular flexibility index (Phi) is 23.4. The molecule has 0 bridgehead atoms. The van der Waals surface area contributed by atoms with Crippen molar-refractivity contribution < 1.29 is 38.9 Å². The standard InChI is InChI=1S/C32H37ClN4O3.C15H18N2O.C10H13ClN2O2.C8H8O2/c1-21(2)40-29-16-15-24(17-26(29)33)30(39)35-37(19-25-9-7-8-10-28(25)38)18-22-11-13-23(14-12-22)27-20-36(6)31(34-27)32(3,4)5;1-15(2,3)14-16-13(9-17(14)4)12-7-5-11(10-18)6-8-12;1-6(2)15-9-4-3-7(5-8(9)11)10(14)13-12;1-6(9)7-4-2-3-5-8(7)10/h7-17,20-21,38H,18-19H2,1-6H3,(H,35,39);5-10H,1-4H3;3-6H,12H2,1-2H3,(H,13,14);2-5,10H,1H3. The Balaban J connectivity index is 0.000000239. The molecule has 0 radical (unpaired) electrons. The number of phenolic OH excluding ortho intramolecular Hbond substituents is 2. The van der Waals surface area contributed by atoms with Crippen LogP contribution in [0.25, 0.3) is 22.5 Å². The Morgan fingerprint density at radius 2 is 1.08 bits per heavy atom. The zero-order valence-electron chi connectivity index (χ0n) is 49.4. The van der Waals surface area contributed by atoms with Crippen molar-refractivity contribution in [3.8, 4) is 45.5 Å². The average molecular weight is 1170 g/mol. The van der Waals surface area contributed by atoms with Crippen molar-refractivity contribution in [3.63, 3.8) is 0 Å². The van der Waals surface area contributed by atoms with Crippen LogP contribution in [0.1, 0.15) is 140 Å². The highest BCUT2D eigenvalue weighted by molar-refractivity contribution is 6.32. The average Bonchev–Trinajstić information content (AvgIpc) is 3.80. The molecule has 16 nitrogen and oxygen atoms in total. The van der Waals surface area contributed by atoms with Crippen LogP contribution in [0.4, 0.5) is 0 Å². The second-order valence-electron chi connectivity index (χ2n) is 22.2. The highest BCUT2D eigenvalue weighted by atomic mass is 35.5. The molecule has 6 N–H and O–H groups in total. The molecule has 8 aromatic rings. The van der Waals surface area contributed by atoms with Gasteiger partial charge >= 0.3 is 0 Å². The number of amides is 2. The van der Waals surface area contributed by atoms with Gasteiger partial charge in [0.05, 0.1) is 39.2 Å². The minimum absolute atomic E-state index is 0.0235. The molecule has 0 saturated carbocycles. The van der Waals surface area contributed by atoms with E-state index in [4.69, 9.17) is 48.6 Å². The Labute approximate surface area is 497 Å². The molecule has 438 valence electrons. The molecule has 2 amide bonds. The Hall–Kier alpha value is -8.28. The SMILES string of the molecule is CC(=O)c1ccccc1O.CC(C)Oc1ccc(C(=O)NN(Cc2ccc(-c3cn(C)c(C(C)(C)C)n3)cc2)Cc2ccccc2O)cc1Cl.CC(C)Oc1ccc(C(=O)NN)cc1Cl.Cn1cc(-c2ccc(C=O)cc2)nc1C(C)(C)C. The first kappa shape index (κ1) is 65.5. The summed E-state index contributed by atoms with van der Waals surface area (Å²) in [6, 6.07) is 39.0. The van der Waals surface area contributed by atoms with E-state index >= 15 is 0 Å². The summed E-state index contributed by atoms with van der Waals surface area (Å²) in [6.07, 6.45) is 4.93. The lowest BCUT2D eigenvalue weighted by molar-refractivity contribution is 0.0756. The highest BCUT2D eigenvalue weighted by Crippen LogP contribution is 2.30. The van der Waals surface area contributed by atoms with E-state index in [9.17, 15) is 24.3 Å². The van der Waals surface area contributed by atoms with Crippen LogP contribution < -0.4 is 26.2 Å². The molecule has 83 heavy (non-hydrogen) atoms. The molecule has 0 spiro atoms. The summed E-state index contributed by atoms with van der Waals surface area (Å²) >= 11 is 12.3. The number of rotatable bonds is 15. The quantitative estimate of drug-likeness (QED) is 0.0213. The first-order chi connectivity index (χ1) is 39.1. The van der Waals surface area contributed by atoms with Crippen LogP contribution in [-0.2, 0) is 38.0 Å². The minimum atomic E-state index is -0.381. The van der Waals surface area contributed by atoms with Crippen LogP contribution in [0.3, 0.4) is 0 Å². The fraction of sp³-hybridized carbons (Fsp3) is 0.292. The third kappa shape index (κ3) is 19.4. The number of aromatic nitrogens is 4. The number of nitrogen functional groups attached to an aromatic ring is 1. The van der Waals surface area contributed by atoms with E-state index in [2.05, 4.69) is 61.1 Å². The van der Waals surface area contributed by atoms with Gasteiger partial charge in [-0.1, -0.05) is 144 Å². The number of nitrogens with zero attached hydrogens (tertiary/aromatic N) is 5. The number of phenols is 2. The van der Waals surface area contributed by atoms with Crippen molar-refractivity contribution in [1.29, 1.82) is 0 Å². The largest absolute Gasteiger partial charge is 0.508 e. The molecular weight excluding hydrogens is 1090 g/mol. The number of aryl methyl sites for hydroxylation is 2. The van der Waals surface area contributed by atoms with Crippen LogP contribution in [0.15, 0.2) is 146 Å². The second kappa shape index (κ2) is 29.6. The van der Waals surface area contributed by atoms with Gasteiger partial charge in [-0.3, -0.25) is 30.0 Å². The predicted molar refractivity (Wildman–Crippen MR) is 329 cm³/mol. The van der Waals surface area contributed by atoms with Crippen molar-refractivity contribution in [1.82, 2.24) is 35.0 Å². The molecule has 0 atom stereocenters. The zero-order chi connectivity index (χ0) is 61.3. The summed E-state index contributed by atoms with van der Waals surface area (Å²) in [4.78, 5) is 55.3. The van der Waals surface area contributed by atoms with E-state index in [0.717, 1.165) is 46.0 Å². The van der Waals surface area contributed by atoms with E-state index in [1.807, 2.05) is 120 Å². The van der Waals surface area contributed by atoms with Gasteiger partial charge in [-0.2, -0.15) is 0 Å². The number of imidazole rings is 2. The number of hydrazine groups is 2. The smallest absolute Gasteiger partial charge is 0.265 e. The van der Waals surface area contributed by atoms with Gasteiger partial charge in [0.15, 0.2) is 5.78 Å². The number of carbonyl (C=O) groups is 4. The van der Waals surface area contributed by atoms with Gasteiger partial charge < -0.3 is 28.8 Å². The molecule has 0 aliphatic carbocycles. The molecule has 8 rings (SSSR count). The lowest BCUT2D eigenvalue weighted by Crippen LogP contribution is -2.41. The number of nitrogens with one attached hydrogen (secondary N) is 2. The second-order valence-corrected chi connectivity index (χ2v) is 23.0. The van der Waals surface area contributed by atoms with E-state index in [0.29, 0.717) is 62.5 Å². The Morgan fingerprint density at radius 1 is 0.639 bits per heavy atom. The minimum Gasteiger partial charge on any atom is -0.508 e. The van der Waals surface area contributed by atoms with Gasteiger partial charge in [-0.15, -0.1) is 0 Å². The maximum absolute atomic E-state index is 13.2. The first-order valence-corrected chi connectivity index (χ1v) is 27.6. The molecule has 18 heteroatoms. The van der Waals surface area contributed by atoms with Crippen molar-refractivity contribution in [2.24, 2.45) is 19.9 Å². The maximum atomic E-state index is 13.2. The third-order valence-electron chi connectivity index (χ3n) is 12.2. The normalized spacial score (nSPS) is 11.1. The Morgan fingerprint density at radius 3 is 1.47 bits per heavy atom. The number of aldehydes is 1. The summed E-state index contributed by atoms with van der Waals surface area (Å²) in [7, 11) is 4.03. The predicted octanol–water partition coefficient (Wildman–Crippen LogP) is 13.4. The van der Waals surface area contributed by atoms with Gasteiger partial charge in [-0.05, 0) is 94.8 Å². The number of Topliss-reactive ketones (excluding diaryl/α,β-unsaturated/α-hetero) is 1. The summed E-state index contributed by atoms with van der Waals surface area (Å²) in [5.74, 6) is 7.57. The van der Waals surface area contributed by atoms with Gasteiger partial charge in [0.2, 0.25) is 0 Å². The molecule has 0 aliphatic heterocycles. The van der Waals surface area contributed by atoms with Crippen LogP contribution >= 0.6 is 23.2 Å². The van der Waals surface area contributed by atoms with E-state index in [-0.39, 0.29) is 52.1 Å². The number of para-hydroxylation sites is 2. The van der Waals surface area contributed by atoms with E-state index in [1.54, 1.807) is 65.7 Å². The van der Waals surface area contributed by atoms with Crippen LogP contribution in [0.5, 0.6) is 23.0 Å². The molecule has 6 aromatic carbocycles. The zero-order valence-corrected chi connectivity index (χ0v) is 50.9. The number of ketones is 1. The number of hydrogen-bond acceptors (Lipinski definition) is 12. The number of aromatic hydroxyl groups is 2. The fourth-order valence-corrected chi connectivity index (χ4v) is 8.82. The summed E-state index contributed by atoms with van der Waals surface area (Å²) in [5, 5.41) is 22.0. The summed E-state index contributed by atoms with van der Waals surface area (Å²) in [5.41, 5.74) is 12.5. The number of carbonyl (C=O) groups excluding carboxylic acids is 4. The van der Waals surface area contributed by atoms with Crippen LogP contribution in [0, 0.1) is 0 Å². The monoisotopic (exact) mass is 1170 g/mol. The molecule has 0 saturated heterocycles.